The summed E-state index contributed by atoms with van der Waals surface area (Å²) in [5.41, 5.74) is 1.17. The van der Waals surface area contributed by atoms with Crippen LogP contribution >= 0.6 is 0 Å². The monoisotopic (exact) mass is 360 g/mol. The van der Waals surface area contributed by atoms with Crippen LogP contribution in [0.4, 0.5) is 4.79 Å². The van der Waals surface area contributed by atoms with Crippen LogP contribution in [-0.2, 0) is 9.59 Å². The molecule has 7 nitrogen and oxygen atoms in total. The summed E-state index contributed by atoms with van der Waals surface area (Å²) in [5.74, 6) is -0.00992. The number of nitrogens with zero attached hydrogens (tertiary/aromatic N) is 2. The lowest BCUT2D eigenvalue weighted by Gasteiger charge is -2.37. The van der Waals surface area contributed by atoms with Gasteiger partial charge < -0.3 is 10.2 Å². The van der Waals surface area contributed by atoms with Crippen LogP contribution in [0.25, 0.3) is 0 Å². The molecule has 7 heteroatoms. The number of nitrogens with one attached hydrogen (secondary N) is 2. The molecule has 2 rings (SSSR count). The van der Waals surface area contributed by atoms with Crippen LogP contribution in [0.3, 0.4) is 0 Å². The summed E-state index contributed by atoms with van der Waals surface area (Å²) in [6.07, 6.45) is 0.483. The van der Waals surface area contributed by atoms with E-state index >= 15 is 0 Å². The van der Waals surface area contributed by atoms with Gasteiger partial charge in [-0.3, -0.25) is 19.8 Å². The van der Waals surface area contributed by atoms with Crippen molar-refractivity contribution in [2.75, 3.05) is 33.2 Å². The van der Waals surface area contributed by atoms with Gasteiger partial charge in [0.05, 0.1) is 6.04 Å². The van der Waals surface area contributed by atoms with Crippen LogP contribution < -0.4 is 10.6 Å². The number of imide groups is 1. The smallest absolute Gasteiger partial charge is 0.321 e. The first-order valence-electron chi connectivity index (χ1n) is 9.01. The molecule has 1 aliphatic heterocycles. The molecule has 1 saturated heterocycles. The summed E-state index contributed by atoms with van der Waals surface area (Å²) in [4.78, 5) is 39.7. The van der Waals surface area contributed by atoms with Gasteiger partial charge in [-0.05, 0) is 18.4 Å². The van der Waals surface area contributed by atoms with Crippen molar-refractivity contribution >= 4 is 17.8 Å². The van der Waals surface area contributed by atoms with Crippen LogP contribution in [0.5, 0.6) is 0 Å². The second kappa shape index (κ2) is 9.33. The lowest BCUT2D eigenvalue weighted by Crippen LogP contribution is -2.56. The average molecular weight is 360 g/mol. The van der Waals surface area contributed by atoms with Crippen molar-refractivity contribution in [1.82, 2.24) is 20.4 Å². The van der Waals surface area contributed by atoms with Crippen LogP contribution in [0.1, 0.15) is 31.7 Å². The fourth-order valence-electron chi connectivity index (χ4n) is 3.09. The number of piperazine rings is 1. The molecule has 1 heterocycles. The number of rotatable bonds is 5. The maximum Gasteiger partial charge on any atom is 0.321 e. The number of amides is 4. The van der Waals surface area contributed by atoms with Gasteiger partial charge in [-0.15, -0.1) is 0 Å². The van der Waals surface area contributed by atoms with Crippen molar-refractivity contribution in [3.05, 3.63) is 35.9 Å². The molecule has 1 fully saturated rings. The predicted molar refractivity (Wildman–Crippen MR) is 99.7 cm³/mol. The van der Waals surface area contributed by atoms with E-state index in [0.29, 0.717) is 32.6 Å². The van der Waals surface area contributed by atoms with Crippen molar-refractivity contribution < 1.29 is 14.4 Å². The molecule has 0 aliphatic carbocycles. The minimum atomic E-state index is -0.509. The molecule has 26 heavy (non-hydrogen) atoms. The first-order chi connectivity index (χ1) is 12.4. The first kappa shape index (κ1) is 19.9. The molecule has 2 atom stereocenters. The van der Waals surface area contributed by atoms with E-state index in [-0.39, 0.29) is 17.7 Å². The molecule has 142 valence electrons. The van der Waals surface area contributed by atoms with Gasteiger partial charge in [0, 0.05) is 39.6 Å². The van der Waals surface area contributed by atoms with E-state index in [1.54, 1.807) is 6.92 Å². The number of carbonyl (C=O) groups is 3. The third kappa shape index (κ3) is 5.29. The number of benzene rings is 1. The molecule has 4 amide bonds. The van der Waals surface area contributed by atoms with E-state index in [2.05, 4.69) is 17.6 Å². The Bertz CT molecular complexity index is 627. The summed E-state index contributed by atoms with van der Waals surface area (Å²) < 4.78 is 0. The van der Waals surface area contributed by atoms with Crippen molar-refractivity contribution in [3.8, 4) is 0 Å². The zero-order chi connectivity index (χ0) is 19.1. The highest BCUT2D eigenvalue weighted by Crippen LogP contribution is 2.20. The third-order valence-corrected chi connectivity index (χ3v) is 4.91. The number of hydrogen-bond donors (Lipinski definition) is 2. The molecule has 0 saturated carbocycles. The number of urea groups is 1. The highest BCUT2D eigenvalue weighted by atomic mass is 16.2. The summed E-state index contributed by atoms with van der Waals surface area (Å²) in [6.45, 7) is 6.26. The molecule has 0 radical (unpaired) electrons. The summed E-state index contributed by atoms with van der Waals surface area (Å²) in [7, 11) is 1.47. The van der Waals surface area contributed by atoms with Crippen LogP contribution in [0.2, 0.25) is 0 Å². The molecule has 0 unspecified atom stereocenters. The topological polar surface area (TPSA) is 81.8 Å². The minimum Gasteiger partial charge on any atom is -0.341 e. The zero-order valence-electron chi connectivity index (χ0n) is 15.7. The lowest BCUT2D eigenvalue weighted by atomic mass is 9.97. The van der Waals surface area contributed by atoms with E-state index in [1.165, 1.54) is 12.6 Å². The van der Waals surface area contributed by atoms with E-state index in [1.807, 2.05) is 40.1 Å². The van der Waals surface area contributed by atoms with Crippen LogP contribution in [0, 0.1) is 0 Å². The maximum atomic E-state index is 12.6. The first-order valence-corrected chi connectivity index (χ1v) is 9.01. The Kier molecular flexibility index (Phi) is 7.15. The van der Waals surface area contributed by atoms with E-state index in [4.69, 9.17) is 0 Å². The number of hydrogen-bond acceptors (Lipinski definition) is 4. The fourth-order valence-corrected chi connectivity index (χ4v) is 3.09. The van der Waals surface area contributed by atoms with E-state index in [0.717, 1.165) is 0 Å². The Morgan fingerprint density at radius 2 is 1.65 bits per heavy atom. The largest absolute Gasteiger partial charge is 0.341 e. The quantitative estimate of drug-likeness (QED) is 0.826. The normalized spacial score (nSPS) is 17.3. The Balaban J connectivity index is 1.81. The van der Waals surface area contributed by atoms with E-state index in [9.17, 15) is 14.4 Å². The second-order valence-corrected chi connectivity index (χ2v) is 6.68. The molecular formula is C19H28N4O3. The fraction of sp³-hybridized carbons (Fsp3) is 0.526. The Morgan fingerprint density at radius 1 is 1.04 bits per heavy atom. The van der Waals surface area contributed by atoms with Crippen molar-refractivity contribution in [1.29, 1.82) is 0 Å². The van der Waals surface area contributed by atoms with Crippen molar-refractivity contribution in [2.24, 2.45) is 0 Å². The third-order valence-electron chi connectivity index (χ3n) is 4.91. The minimum absolute atomic E-state index is 0.142. The Hall–Kier alpha value is -2.41. The van der Waals surface area contributed by atoms with Gasteiger partial charge in [0.25, 0.3) is 0 Å². The molecule has 1 aliphatic rings. The van der Waals surface area contributed by atoms with Crippen LogP contribution in [0.15, 0.2) is 30.3 Å². The highest BCUT2D eigenvalue weighted by molar-refractivity contribution is 5.96. The molecule has 2 N–H and O–H groups in total. The summed E-state index contributed by atoms with van der Waals surface area (Å²) in [6, 6.07) is 9.11. The van der Waals surface area contributed by atoms with Gasteiger partial charge in [0.1, 0.15) is 0 Å². The van der Waals surface area contributed by atoms with Crippen molar-refractivity contribution in [3.63, 3.8) is 0 Å². The predicted octanol–water partition coefficient (Wildman–Crippen LogP) is 1.17. The maximum absolute atomic E-state index is 12.6. The van der Waals surface area contributed by atoms with E-state index < -0.39 is 12.1 Å². The van der Waals surface area contributed by atoms with Crippen LogP contribution in [-0.4, -0.2) is 66.9 Å². The Morgan fingerprint density at radius 3 is 2.23 bits per heavy atom. The Labute approximate surface area is 154 Å². The standard InChI is InChI=1S/C19H28N4O3/c1-14(16-7-5-4-6-8-16)13-17(24)23-11-9-22(10-12-23)15(2)18(25)21-19(26)20-3/h4-8,14-15H,9-13H2,1-3H3,(H2,20,21,25,26)/t14-,15-/m0/s1. The molecular weight excluding hydrogens is 332 g/mol. The van der Waals surface area contributed by atoms with Gasteiger partial charge >= 0.3 is 6.03 Å². The van der Waals surface area contributed by atoms with Gasteiger partial charge in [-0.2, -0.15) is 0 Å². The second-order valence-electron chi connectivity index (χ2n) is 6.68. The summed E-state index contributed by atoms with van der Waals surface area (Å²) >= 11 is 0. The summed E-state index contributed by atoms with van der Waals surface area (Å²) in [5, 5.41) is 4.66. The molecule has 0 spiro atoms. The lowest BCUT2D eigenvalue weighted by molar-refractivity contribution is -0.134. The number of carbonyl (C=O) groups excluding carboxylic acids is 3. The van der Waals surface area contributed by atoms with Gasteiger partial charge in [-0.1, -0.05) is 37.3 Å². The van der Waals surface area contributed by atoms with Gasteiger partial charge in [0.2, 0.25) is 11.8 Å². The zero-order valence-corrected chi connectivity index (χ0v) is 15.7. The molecule has 1 aromatic carbocycles. The average Bonchev–Trinajstić information content (AvgIpc) is 2.67. The molecule has 1 aromatic rings. The molecule has 0 bridgehead atoms. The van der Waals surface area contributed by atoms with Gasteiger partial charge in [-0.25, -0.2) is 4.79 Å². The SMILES string of the molecule is CNC(=O)NC(=O)[C@H](C)N1CCN(C(=O)C[C@H](C)c2ccccc2)CC1. The highest BCUT2D eigenvalue weighted by Gasteiger charge is 2.28. The van der Waals surface area contributed by atoms with Crippen molar-refractivity contribution in [2.45, 2.75) is 32.2 Å². The molecule has 0 aromatic heterocycles. The van der Waals surface area contributed by atoms with Gasteiger partial charge in [0.15, 0.2) is 0 Å².